The zero-order valence-corrected chi connectivity index (χ0v) is 10.7. The average Bonchev–Trinajstić information content (AvgIpc) is 2.67. The second kappa shape index (κ2) is 5.84. The van der Waals surface area contributed by atoms with Gasteiger partial charge in [-0.1, -0.05) is 6.92 Å². The monoisotopic (exact) mass is 266 g/mol. The molecule has 2 unspecified atom stereocenters. The molecule has 2 atom stereocenters. The Morgan fingerprint density at radius 3 is 2.53 bits per heavy atom. The Kier molecular flexibility index (Phi) is 4.97. The largest absolute Gasteiger partial charge is 0.405 e. The van der Waals surface area contributed by atoms with Crippen LogP contribution in [-0.2, 0) is 6.54 Å². The number of thiophene rings is 1. The van der Waals surface area contributed by atoms with Gasteiger partial charge in [-0.05, 0) is 35.9 Å². The van der Waals surface area contributed by atoms with E-state index in [1.165, 1.54) is 23.3 Å². The molecule has 0 saturated carbocycles. The summed E-state index contributed by atoms with van der Waals surface area (Å²) < 4.78 is 38.8. The van der Waals surface area contributed by atoms with Crippen molar-refractivity contribution in [3.05, 3.63) is 22.4 Å². The van der Waals surface area contributed by atoms with E-state index >= 15 is 0 Å². The maximum absolute atomic E-state index is 12.9. The van der Waals surface area contributed by atoms with E-state index in [0.717, 1.165) is 5.56 Å². The highest BCUT2D eigenvalue weighted by atomic mass is 32.1. The molecule has 0 aromatic carbocycles. The van der Waals surface area contributed by atoms with Crippen LogP contribution in [0.3, 0.4) is 0 Å². The Labute approximate surface area is 103 Å². The van der Waals surface area contributed by atoms with Gasteiger partial charge in [0.15, 0.2) is 0 Å². The maximum atomic E-state index is 12.9. The topological polar surface area (TPSA) is 29.3 Å². The van der Waals surface area contributed by atoms with E-state index in [1.54, 1.807) is 6.92 Å². The molecule has 0 aliphatic rings. The molecule has 0 spiro atoms. The van der Waals surface area contributed by atoms with E-state index in [1.807, 2.05) is 16.8 Å². The van der Waals surface area contributed by atoms with Crippen molar-refractivity contribution < 1.29 is 13.2 Å². The maximum Gasteiger partial charge on any atom is 0.405 e. The summed E-state index contributed by atoms with van der Waals surface area (Å²) in [5, 5.41) is 3.70. The van der Waals surface area contributed by atoms with Gasteiger partial charge in [0.25, 0.3) is 0 Å². The van der Waals surface area contributed by atoms with E-state index in [2.05, 4.69) is 0 Å². The molecule has 1 heterocycles. The van der Waals surface area contributed by atoms with Gasteiger partial charge in [-0.3, -0.25) is 4.90 Å². The van der Waals surface area contributed by atoms with Gasteiger partial charge in [-0.15, -0.1) is 0 Å². The fourth-order valence-corrected chi connectivity index (χ4v) is 2.47. The lowest BCUT2D eigenvalue weighted by Crippen LogP contribution is -2.54. The number of likely N-dealkylation sites (N-methyl/N-ethyl adjacent to an activating group) is 1. The first-order valence-electron chi connectivity index (χ1n) is 5.39. The molecule has 0 bridgehead atoms. The van der Waals surface area contributed by atoms with Gasteiger partial charge < -0.3 is 5.73 Å². The first kappa shape index (κ1) is 14.5. The van der Waals surface area contributed by atoms with Crippen molar-refractivity contribution in [2.24, 2.45) is 5.73 Å². The zero-order chi connectivity index (χ0) is 13.1. The van der Waals surface area contributed by atoms with E-state index in [-0.39, 0.29) is 6.54 Å². The number of halogens is 3. The minimum absolute atomic E-state index is 0.265. The lowest BCUT2D eigenvalue weighted by Gasteiger charge is -2.33. The first-order valence-corrected chi connectivity index (χ1v) is 6.34. The van der Waals surface area contributed by atoms with Gasteiger partial charge >= 0.3 is 6.18 Å². The standard InChI is InChI=1S/C11H17F3N2S/c1-3-9(15)10(11(12,13)14)16(2)6-8-4-5-17-7-8/h4-5,7,9-10H,3,6,15H2,1-2H3. The van der Waals surface area contributed by atoms with Crippen molar-refractivity contribution in [2.75, 3.05) is 7.05 Å². The molecule has 0 aliphatic carbocycles. The van der Waals surface area contributed by atoms with Crippen LogP contribution in [-0.4, -0.2) is 30.2 Å². The molecule has 17 heavy (non-hydrogen) atoms. The number of hydrogen-bond acceptors (Lipinski definition) is 3. The Balaban J connectivity index is 2.76. The van der Waals surface area contributed by atoms with Crippen molar-refractivity contribution >= 4 is 11.3 Å². The van der Waals surface area contributed by atoms with Crippen LogP contribution in [0, 0.1) is 0 Å². The minimum atomic E-state index is -4.29. The normalized spacial score (nSPS) is 16.2. The second-order valence-corrected chi connectivity index (χ2v) is 4.89. The molecule has 98 valence electrons. The molecule has 0 aliphatic heterocycles. The lowest BCUT2D eigenvalue weighted by molar-refractivity contribution is -0.187. The van der Waals surface area contributed by atoms with Crippen molar-refractivity contribution in [3.63, 3.8) is 0 Å². The van der Waals surface area contributed by atoms with Crippen LogP contribution in [0.2, 0.25) is 0 Å². The Bertz CT molecular complexity index is 324. The number of nitrogens with two attached hydrogens (primary N) is 1. The van der Waals surface area contributed by atoms with E-state index in [0.29, 0.717) is 6.42 Å². The summed E-state index contributed by atoms with van der Waals surface area (Å²) in [6.07, 6.45) is -3.99. The predicted octanol–water partition coefficient (Wildman–Crippen LogP) is 2.85. The first-order chi connectivity index (χ1) is 7.86. The third kappa shape index (κ3) is 3.97. The Hall–Kier alpha value is -0.590. The third-order valence-corrected chi connectivity index (χ3v) is 3.43. The molecule has 0 fully saturated rings. The van der Waals surface area contributed by atoms with Crippen LogP contribution < -0.4 is 5.73 Å². The van der Waals surface area contributed by atoms with Gasteiger partial charge in [0.1, 0.15) is 6.04 Å². The van der Waals surface area contributed by atoms with E-state index < -0.39 is 18.3 Å². The number of alkyl halides is 3. The second-order valence-electron chi connectivity index (χ2n) is 4.11. The van der Waals surface area contributed by atoms with Gasteiger partial charge in [0.2, 0.25) is 0 Å². The van der Waals surface area contributed by atoms with Crippen LogP contribution in [0.1, 0.15) is 18.9 Å². The molecule has 0 radical (unpaired) electrons. The van der Waals surface area contributed by atoms with Crippen LogP contribution in [0.15, 0.2) is 16.8 Å². The molecule has 1 aromatic rings. The smallest absolute Gasteiger partial charge is 0.326 e. The van der Waals surface area contributed by atoms with Crippen molar-refractivity contribution in [3.8, 4) is 0 Å². The summed E-state index contributed by atoms with van der Waals surface area (Å²) in [6, 6.07) is -0.655. The highest BCUT2D eigenvalue weighted by Gasteiger charge is 2.45. The van der Waals surface area contributed by atoms with Gasteiger partial charge in [0, 0.05) is 12.6 Å². The molecule has 1 rings (SSSR count). The summed E-state index contributed by atoms with van der Waals surface area (Å²) in [5.74, 6) is 0. The summed E-state index contributed by atoms with van der Waals surface area (Å²) in [5.41, 5.74) is 6.46. The third-order valence-electron chi connectivity index (χ3n) is 2.70. The SMILES string of the molecule is CCC(N)C(N(C)Cc1ccsc1)C(F)(F)F. The van der Waals surface area contributed by atoms with Crippen LogP contribution in [0.4, 0.5) is 13.2 Å². The highest BCUT2D eigenvalue weighted by Crippen LogP contribution is 2.28. The molecular weight excluding hydrogens is 249 g/mol. The minimum Gasteiger partial charge on any atom is -0.326 e. The summed E-state index contributed by atoms with van der Waals surface area (Å²) in [4.78, 5) is 1.27. The average molecular weight is 266 g/mol. The van der Waals surface area contributed by atoms with Crippen molar-refractivity contribution in [2.45, 2.75) is 38.1 Å². The van der Waals surface area contributed by atoms with Gasteiger partial charge in [-0.2, -0.15) is 24.5 Å². The predicted molar refractivity (Wildman–Crippen MR) is 63.9 cm³/mol. The van der Waals surface area contributed by atoms with Crippen molar-refractivity contribution in [1.82, 2.24) is 4.90 Å². The summed E-state index contributed by atoms with van der Waals surface area (Å²) in [6.45, 7) is 1.93. The van der Waals surface area contributed by atoms with Crippen LogP contribution in [0.25, 0.3) is 0 Å². The summed E-state index contributed by atoms with van der Waals surface area (Å²) in [7, 11) is 1.46. The molecule has 2 nitrogen and oxygen atoms in total. The molecule has 2 N–H and O–H groups in total. The van der Waals surface area contributed by atoms with Crippen LogP contribution in [0.5, 0.6) is 0 Å². The molecule has 1 aromatic heterocycles. The number of hydrogen-bond donors (Lipinski definition) is 1. The van der Waals surface area contributed by atoms with E-state index in [4.69, 9.17) is 5.73 Å². The fourth-order valence-electron chi connectivity index (χ4n) is 1.81. The van der Waals surface area contributed by atoms with Crippen molar-refractivity contribution in [1.29, 1.82) is 0 Å². The molecule has 0 saturated heterocycles. The Morgan fingerprint density at radius 2 is 2.12 bits per heavy atom. The number of rotatable bonds is 5. The van der Waals surface area contributed by atoms with Crippen LogP contribution >= 0.6 is 11.3 Å². The molecule has 0 amide bonds. The van der Waals surface area contributed by atoms with Gasteiger partial charge in [0.05, 0.1) is 0 Å². The van der Waals surface area contributed by atoms with E-state index in [9.17, 15) is 13.2 Å². The quantitative estimate of drug-likeness (QED) is 0.888. The zero-order valence-electron chi connectivity index (χ0n) is 9.87. The number of nitrogens with zero attached hydrogens (tertiary/aromatic N) is 1. The molecule has 6 heteroatoms. The molecular formula is C11H17F3N2S. The fraction of sp³-hybridized carbons (Fsp3) is 0.636. The summed E-state index contributed by atoms with van der Waals surface area (Å²) >= 11 is 1.48. The Morgan fingerprint density at radius 1 is 1.47 bits per heavy atom. The van der Waals surface area contributed by atoms with Gasteiger partial charge in [-0.25, -0.2) is 0 Å². The lowest BCUT2D eigenvalue weighted by atomic mass is 10.0. The highest BCUT2D eigenvalue weighted by molar-refractivity contribution is 7.07.